The molecule has 0 amide bonds. The van der Waals surface area contributed by atoms with Gasteiger partial charge in [-0.1, -0.05) is 0 Å². The molecule has 0 fully saturated rings. The molecule has 3 N–H and O–H groups in total. The molecule has 2 aromatic rings. The summed E-state index contributed by atoms with van der Waals surface area (Å²) in [7, 11) is -3.71. The molecule has 20 heavy (non-hydrogen) atoms. The van der Waals surface area contributed by atoms with E-state index in [1.165, 1.54) is 24.3 Å². The molecule has 0 atom stereocenters. The van der Waals surface area contributed by atoms with Crippen molar-refractivity contribution in [2.75, 3.05) is 5.32 Å². The van der Waals surface area contributed by atoms with E-state index in [0.717, 1.165) is 0 Å². The van der Waals surface area contributed by atoms with Gasteiger partial charge in [0.2, 0.25) is 10.0 Å². The van der Waals surface area contributed by atoms with Gasteiger partial charge in [-0.15, -0.1) is 0 Å². The SMILES string of the molecule is NS(=O)(=O)c1ccc(Nc2ccc([N+](=O)[O-])cc2)cc1. The number of benzene rings is 2. The van der Waals surface area contributed by atoms with Crippen LogP contribution in [0.4, 0.5) is 17.1 Å². The molecule has 104 valence electrons. The van der Waals surface area contributed by atoms with Gasteiger partial charge in [0.1, 0.15) is 0 Å². The van der Waals surface area contributed by atoms with E-state index in [9.17, 15) is 18.5 Å². The number of hydrogen-bond donors (Lipinski definition) is 2. The van der Waals surface area contributed by atoms with Crippen LogP contribution in [0, 0.1) is 10.1 Å². The third-order valence-electron chi connectivity index (χ3n) is 2.55. The summed E-state index contributed by atoms with van der Waals surface area (Å²) in [6, 6.07) is 11.7. The lowest BCUT2D eigenvalue weighted by Crippen LogP contribution is -2.11. The van der Waals surface area contributed by atoms with Gasteiger partial charge in [-0.25, -0.2) is 13.6 Å². The largest absolute Gasteiger partial charge is 0.356 e. The summed E-state index contributed by atoms with van der Waals surface area (Å²) < 4.78 is 22.2. The van der Waals surface area contributed by atoms with Gasteiger partial charge in [-0.3, -0.25) is 10.1 Å². The number of nitrogens with one attached hydrogen (secondary N) is 1. The number of nitro groups is 1. The van der Waals surface area contributed by atoms with Gasteiger partial charge >= 0.3 is 0 Å². The second-order valence-corrected chi connectivity index (χ2v) is 5.56. The van der Waals surface area contributed by atoms with Crippen LogP contribution in [0.1, 0.15) is 0 Å². The fraction of sp³-hybridized carbons (Fsp3) is 0. The van der Waals surface area contributed by atoms with Crippen molar-refractivity contribution in [2.24, 2.45) is 5.14 Å². The van der Waals surface area contributed by atoms with Crippen molar-refractivity contribution in [3.8, 4) is 0 Å². The summed E-state index contributed by atoms with van der Waals surface area (Å²) in [4.78, 5) is 10.1. The minimum Gasteiger partial charge on any atom is -0.356 e. The molecule has 0 aliphatic rings. The molecule has 0 heterocycles. The van der Waals surface area contributed by atoms with Crippen LogP contribution in [0.15, 0.2) is 53.4 Å². The summed E-state index contributed by atoms with van der Waals surface area (Å²) in [6.45, 7) is 0. The van der Waals surface area contributed by atoms with Crippen LogP contribution in [-0.4, -0.2) is 13.3 Å². The van der Waals surface area contributed by atoms with E-state index in [1.807, 2.05) is 0 Å². The molecule has 0 aliphatic carbocycles. The maximum absolute atomic E-state index is 11.1. The molecule has 0 aromatic heterocycles. The number of sulfonamides is 1. The summed E-state index contributed by atoms with van der Waals surface area (Å²) >= 11 is 0. The number of primary sulfonamides is 1. The maximum atomic E-state index is 11.1. The van der Waals surface area contributed by atoms with Crippen LogP contribution in [0.5, 0.6) is 0 Å². The van der Waals surface area contributed by atoms with Gasteiger partial charge in [0.05, 0.1) is 9.82 Å². The van der Waals surface area contributed by atoms with Gasteiger partial charge in [-0.2, -0.15) is 0 Å². The van der Waals surface area contributed by atoms with Gasteiger partial charge in [0.25, 0.3) is 5.69 Å². The van der Waals surface area contributed by atoms with Crippen molar-refractivity contribution in [1.29, 1.82) is 0 Å². The zero-order valence-corrected chi connectivity index (χ0v) is 11.0. The number of nitrogens with two attached hydrogens (primary N) is 1. The highest BCUT2D eigenvalue weighted by atomic mass is 32.2. The summed E-state index contributed by atoms with van der Waals surface area (Å²) in [5, 5.41) is 18.5. The molecule has 0 saturated carbocycles. The van der Waals surface area contributed by atoms with E-state index in [0.29, 0.717) is 11.4 Å². The Morgan fingerprint density at radius 1 is 0.950 bits per heavy atom. The summed E-state index contributed by atoms with van der Waals surface area (Å²) in [5.41, 5.74) is 1.30. The number of anilines is 2. The number of nitro benzene ring substituents is 1. The molecule has 2 rings (SSSR count). The van der Waals surface area contributed by atoms with Gasteiger partial charge in [0.15, 0.2) is 0 Å². The smallest absolute Gasteiger partial charge is 0.269 e. The first-order valence-electron chi connectivity index (χ1n) is 5.50. The molecule has 0 unspecified atom stereocenters. The Kier molecular flexibility index (Phi) is 3.68. The van der Waals surface area contributed by atoms with Crippen molar-refractivity contribution in [1.82, 2.24) is 0 Å². The number of nitrogens with zero attached hydrogens (tertiary/aromatic N) is 1. The Bertz CT molecular complexity index is 724. The van der Waals surface area contributed by atoms with Crippen LogP contribution < -0.4 is 10.5 Å². The minimum atomic E-state index is -3.71. The number of rotatable bonds is 4. The molecule has 8 heteroatoms. The van der Waals surface area contributed by atoms with Crippen LogP contribution in [0.2, 0.25) is 0 Å². The average Bonchev–Trinajstić information content (AvgIpc) is 2.39. The van der Waals surface area contributed by atoms with E-state index in [1.54, 1.807) is 24.3 Å². The minimum absolute atomic E-state index is 0.000114. The Morgan fingerprint density at radius 2 is 1.40 bits per heavy atom. The second-order valence-electron chi connectivity index (χ2n) is 4.00. The zero-order valence-electron chi connectivity index (χ0n) is 10.2. The second kappa shape index (κ2) is 5.27. The molecule has 0 bridgehead atoms. The fourth-order valence-corrected chi connectivity index (χ4v) is 2.08. The van der Waals surface area contributed by atoms with Crippen LogP contribution in [0.25, 0.3) is 0 Å². The van der Waals surface area contributed by atoms with E-state index < -0.39 is 14.9 Å². The van der Waals surface area contributed by atoms with Gasteiger partial charge < -0.3 is 5.32 Å². The summed E-state index contributed by atoms with van der Waals surface area (Å²) in [5.74, 6) is 0. The molecule has 0 aliphatic heterocycles. The van der Waals surface area contributed by atoms with Crippen LogP contribution in [-0.2, 0) is 10.0 Å². The van der Waals surface area contributed by atoms with Crippen LogP contribution in [0.3, 0.4) is 0 Å². The predicted octanol–water partition coefficient (Wildman–Crippen LogP) is 1.99. The first kappa shape index (κ1) is 14.0. The predicted molar refractivity (Wildman–Crippen MR) is 74.2 cm³/mol. The first-order chi connectivity index (χ1) is 9.36. The van der Waals surface area contributed by atoms with E-state index in [-0.39, 0.29) is 10.6 Å². The Labute approximate surface area is 115 Å². The molecule has 0 spiro atoms. The van der Waals surface area contributed by atoms with Crippen LogP contribution >= 0.6 is 0 Å². The lowest BCUT2D eigenvalue weighted by atomic mass is 10.2. The quantitative estimate of drug-likeness (QED) is 0.660. The maximum Gasteiger partial charge on any atom is 0.269 e. The van der Waals surface area contributed by atoms with E-state index in [4.69, 9.17) is 5.14 Å². The number of non-ortho nitro benzene ring substituents is 1. The zero-order chi connectivity index (χ0) is 14.8. The summed E-state index contributed by atoms with van der Waals surface area (Å²) in [6.07, 6.45) is 0. The standard InChI is InChI=1S/C12H11N3O4S/c13-20(18,19)12-7-3-10(4-8-12)14-9-1-5-11(6-2-9)15(16)17/h1-8,14H,(H2,13,18,19). The fourth-order valence-electron chi connectivity index (χ4n) is 1.56. The Morgan fingerprint density at radius 3 is 1.80 bits per heavy atom. The lowest BCUT2D eigenvalue weighted by Gasteiger charge is -2.06. The van der Waals surface area contributed by atoms with Gasteiger partial charge in [0, 0.05) is 23.5 Å². The first-order valence-corrected chi connectivity index (χ1v) is 7.05. The highest BCUT2D eigenvalue weighted by molar-refractivity contribution is 7.89. The third kappa shape index (κ3) is 3.31. The lowest BCUT2D eigenvalue weighted by molar-refractivity contribution is -0.384. The molecule has 0 saturated heterocycles. The van der Waals surface area contributed by atoms with Crippen molar-refractivity contribution in [3.05, 3.63) is 58.6 Å². The van der Waals surface area contributed by atoms with Crippen molar-refractivity contribution >= 4 is 27.1 Å². The molecular formula is C12H11N3O4S. The highest BCUT2D eigenvalue weighted by Crippen LogP contribution is 2.21. The average molecular weight is 293 g/mol. The molecule has 2 aromatic carbocycles. The van der Waals surface area contributed by atoms with Gasteiger partial charge in [-0.05, 0) is 36.4 Å². The van der Waals surface area contributed by atoms with Crippen molar-refractivity contribution in [3.63, 3.8) is 0 Å². The van der Waals surface area contributed by atoms with E-state index in [2.05, 4.69) is 5.32 Å². The van der Waals surface area contributed by atoms with Crippen molar-refractivity contribution in [2.45, 2.75) is 4.90 Å². The van der Waals surface area contributed by atoms with E-state index >= 15 is 0 Å². The molecular weight excluding hydrogens is 282 g/mol. The number of hydrogen-bond acceptors (Lipinski definition) is 5. The topological polar surface area (TPSA) is 115 Å². The molecule has 0 radical (unpaired) electrons. The third-order valence-corrected chi connectivity index (χ3v) is 3.48. The normalized spacial score (nSPS) is 11.1. The van der Waals surface area contributed by atoms with Crippen molar-refractivity contribution < 1.29 is 13.3 Å². The Hall–Kier alpha value is -2.45. The monoisotopic (exact) mass is 293 g/mol. The highest BCUT2D eigenvalue weighted by Gasteiger charge is 2.07. The Balaban J connectivity index is 2.16. The molecule has 7 nitrogen and oxygen atoms in total.